The lowest BCUT2D eigenvalue weighted by molar-refractivity contribution is -0.110. The number of ether oxygens (including phenoxy) is 1. The zero-order chi connectivity index (χ0) is 16.4. The third-order valence-corrected chi connectivity index (χ3v) is 4.41. The molecule has 4 rings (SSSR count). The molecule has 3 aromatic rings. The van der Waals surface area contributed by atoms with Crippen molar-refractivity contribution in [3.05, 3.63) is 76.2 Å². The number of hydrogen-bond acceptors (Lipinski definition) is 4. The molecule has 0 aliphatic carbocycles. The molecule has 24 heavy (non-hydrogen) atoms. The first-order chi connectivity index (χ1) is 11.8. The van der Waals surface area contributed by atoms with Crippen LogP contribution < -0.4 is 10.1 Å². The first kappa shape index (κ1) is 14.7. The van der Waals surface area contributed by atoms with E-state index in [0.29, 0.717) is 12.2 Å². The Balaban J connectivity index is 1.52. The topological polar surface area (TPSA) is 51.2 Å². The molecular weight excluding hydrogens is 320 g/mol. The van der Waals surface area contributed by atoms with E-state index in [0.717, 1.165) is 28.3 Å². The van der Waals surface area contributed by atoms with Crippen molar-refractivity contribution in [1.82, 2.24) is 4.98 Å². The van der Waals surface area contributed by atoms with Crippen molar-refractivity contribution in [3.63, 3.8) is 0 Å². The average Bonchev–Trinajstić information content (AvgIpc) is 3.23. The Bertz CT molecular complexity index is 899. The van der Waals surface area contributed by atoms with Crippen LogP contribution in [0.3, 0.4) is 0 Å². The number of thiazole rings is 1. The summed E-state index contributed by atoms with van der Waals surface area (Å²) >= 11 is 1.55. The number of carbonyl (C=O) groups is 1. The lowest BCUT2D eigenvalue weighted by Crippen LogP contribution is -2.03. The molecule has 0 saturated heterocycles. The van der Waals surface area contributed by atoms with Crippen molar-refractivity contribution in [2.45, 2.75) is 6.61 Å². The van der Waals surface area contributed by atoms with Gasteiger partial charge in [0.25, 0.3) is 5.91 Å². The molecule has 1 aliphatic heterocycles. The third kappa shape index (κ3) is 2.94. The van der Waals surface area contributed by atoms with Gasteiger partial charge < -0.3 is 10.1 Å². The van der Waals surface area contributed by atoms with E-state index in [2.05, 4.69) is 10.3 Å². The van der Waals surface area contributed by atoms with Crippen LogP contribution in [0.25, 0.3) is 11.6 Å². The zero-order valence-corrected chi connectivity index (χ0v) is 13.5. The molecule has 0 saturated carbocycles. The van der Waals surface area contributed by atoms with Gasteiger partial charge in [0.1, 0.15) is 12.4 Å². The van der Waals surface area contributed by atoms with Crippen molar-refractivity contribution in [3.8, 4) is 5.75 Å². The maximum Gasteiger partial charge on any atom is 0.256 e. The number of rotatable bonds is 4. The molecule has 0 unspecified atom stereocenters. The van der Waals surface area contributed by atoms with Crippen LogP contribution in [-0.2, 0) is 11.4 Å². The minimum Gasteiger partial charge on any atom is -0.487 e. The van der Waals surface area contributed by atoms with E-state index in [1.807, 2.05) is 60.0 Å². The maximum atomic E-state index is 12.1. The lowest BCUT2D eigenvalue weighted by Gasteiger charge is -2.05. The summed E-state index contributed by atoms with van der Waals surface area (Å²) in [4.78, 5) is 16.3. The Labute approximate surface area is 143 Å². The van der Waals surface area contributed by atoms with E-state index in [-0.39, 0.29) is 5.91 Å². The molecule has 0 fully saturated rings. The number of anilines is 1. The Hall–Kier alpha value is -2.92. The highest BCUT2D eigenvalue weighted by Gasteiger charge is 2.23. The number of hydrogen-bond donors (Lipinski definition) is 1. The Morgan fingerprint density at radius 3 is 2.75 bits per heavy atom. The van der Waals surface area contributed by atoms with Crippen LogP contribution >= 0.6 is 11.3 Å². The van der Waals surface area contributed by atoms with Crippen LogP contribution in [0.15, 0.2) is 59.4 Å². The third-order valence-electron chi connectivity index (χ3n) is 3.77. The second-order valence-corrected chi connectivity index (χ2v) is 6.11. The van der Waals surface area contributed by atoms with E-state index in [1.165, 1.54) is 0 Å². The predicted octanol–water partition coefficient (Wildman–Crippen LogP) is 4.21. The fourth-order valence-electron chi connectivity index (χ4n) is 2.58. The summed E-state index contributed by atoms with van der Waals surface area (Å²) in [7, 11) is 0. The van der Waals surface area contributed by atoms with Gasteiger partial charge in [-0.25, -0.2) is 4.98 Å². The summed E-state index contributed by atoms with van der Waals surface area (Å²) in [6, 6.07) is 15.4. The van der Waals surface area contributed by atoms with Crippen molar-refractivity contribution in [2.75, 3.05) is 5.32 Å². The second kappa shape index (κ2) is 6.29. The minimum atomic E-state index is -0.0694. The van der Waals surface area contributed by atoms with Crippen LogP contribution in [0.2, 0.25) is 0 Å². The molecule has 118 valence electrons. The Kier molecular flexibility index (Phi) is 3.84. The van der Waals surface area contributed by atoms with Gasteiger partial charge in [-0.3, -0.25) is 4.79 Å². The van der Waals surface area contributed by atoms with E-state index in [4.69, 9.17) is 4.74 Å². The molecule has 0 atom stereocenters. The van der Waals surface area contributed by atoms with Crippen molar-refractivity contribution < 1.29 is 9.53 Å². The second-order valence-electron chi connectivity index (χ2n) is 5.40. The maximum absolute atomic E-state index is 12.1. The molecular formula is C19H14N2O2S. The molecule has 4 nitrogen and oxygen atoms in total. The summed E-state index contributed by atoms with van der Waals surface area (Å²) in [6.07, 6.45) is 1.89. The monoisotopic (exact) mass is 334 g/mol. The van der Waals surface area contributed by atoms with Gasteiger partial charge in [0.15, 0.2) is 0 Å². The van der Waals surface area contributed by atoms with Crippen LogP contribution in [0.1, 0.15) is 16.8 Å². The van der Waals surface area contributed by atoms with Crippen molar-refractivity contribution in [1.29, 1.82) is 0 Å². The summed E-state index contributed by atoms with van der Waals surface area (Å²) in [6.45, 7) is 0.458. The van der Waals surface area contributed by atoms with Crippen LogP contribution in [0.5, 0.6) is 5.75 Å². The molecule has 0 radical (unpaired) electrons. The largest absolute Gasteiger partial charge is 0.487 e. The number of nitrogens with one attached hydrogen (secondary N) is 1. The van der Waals surface area contributed by atoms with Crippen LogP contribution in [0.4, 0.5) is 5.69 Å². The molecule has 1 aliphatic rings. The molecule has 2 aromatic carbocycles. The van der Waals surface area contributed by atoms with Gasteiger partial charge in [-0.1, -0.05) is 30.3 Å². The Morgan fingerprint density at radius 2 is 1.96 bits per heavy atom. The number of aromatic nitrogens is 1. The fraction of sp³-hybridized carbons (Fsp3) is 0.0526. The molecule has 2 heterocycles. The summed E-state index contributed by atoms with van der Waals surface area (Å²) in [5, 5.41) is 4.84. The first-order valence-electron chi connectivity index (χ1n) is 7.52. The smallest absolute Gasteiger partial charge is 0.256 e. The minimum absolute atomic E-state index is 0.0694. The SMILES string of the molecule is O=C1Nc2ccccc2C1=Cc1ccc(OCc2cscn2)cc1. The number of benzene rings is 2. The molecule has 1 amide bonds. The van der Waals surface area contributed by atoms with Crippen molar-refractivity contribution in [2.24, 2.45) is 0 Å². The molecule has 1 aromatic heterocycles. The normalized spacial score (nSPS) is 14.5. The fourth-order valence-corrected chi connectivity index (χ4v) is 3.12. The summed E-state index contributed by atoms with van der Waals surface area (Å²) in [5.41, 5.74) is 6.15. The van der Waals surface area contributed by atoms with E-state index in [1.54, 1.807) is 16.8 Å². The highest BCUT2D eigenvalue weighted by atomic mass is 32.1. The van der Waals surface area contributed by atoms with Gasteiger partial charge in [0.2, 0.25) is 0 Å². The van der Waals surface area contributed by atoms with E-state index >= 15 is 0 Å². The quantitative estimate of drug-likeness (QED) is 0.727. The standard InChI is InChI=1S/C19H14N2O2S/c22-19-17(16-3-1-2-4-18(16)21-19)9-13-5-7-15(8-6-13)23-10-14-11-24-12-20-14/h1-9,11-12H,10H2,(H,21,22). The van der Waals surface area contributed by atoms with E-state index in [9.17, 15) is 4.79 Å². The highest BCUT2D eigenvalue weighted by Crippen LogP contribution is 2.32. The molecule has 1 N–H and O–H groups in total. The van der Waals surface area contributed by atoms with Gasteiger partial charge in [-0.05, 0) is 29.8 Å². The first-order valence-corrected chi connectivity index (χ1v) is 8.46. The van der Waals surface area contributed by atoms with Gasteiger partial charge in [-0.15, -0.1) is 11.3 Å². The lowest BCUT2D eigenvalue weighted by atomic mass is 10.0. The predicted molar refractivity (Wildman–Crippen MR) is 95.8 cm³/mol. The molecule has 5 heteroatoms. The summed E-state index contributed by atoms with van der Waals surface area (Å²) in [5.74, 6) is 0.710. The highest BCUT2D eigenvalue weighted by molar-refractivity contribution is 7.07. The number of amides is 1. The number of para-hydroxylation sites is 1. The van der Waals surface area contributed by atoms with Gasteiger partial charge >= 0.3 is 0 Å². The number of nitrogens with zero attached hydrogens (tertiary/aromatic N) is 1. The average molecular weight is 334 g/mol. The van der Waals surface area contributed by atoms with Gasteiger partial charge in [-0.2, -0.15) is 0 Å². The van der Waals surface area contributed by atoms with Crippen LogP contribution in [-0.4, -0.2) is 10.9 Å². The number of carbonyl (C=O) groups excluding carboxylic acids is 1. The molecule has 0 bridgehead atoms. The number of fused-ring (bicyclic) bond motifs is 1. The van der Waals surface area contributed by atoms with E-state index < -0.39 is 0 Å². The molecule has 0 spiro atoms. The zero-order valence-electron chi connectivity index (χ0n) is 12.7. The van der Waals surface area contributed by atoms with Gasteiger partial charge in [0, 0.05) is 22.2 Å². The Morgan fingerprint density at radius 1 is 1.12 bits per heavy atom. The van der Waals surface area contributed by atoms with Crippen molar-refractivity contribution >= 4 is 34.6 Å². The summed E-state index contributed by atoms with van der Waals surface area (Å²) < 4.78 is 5.70. The van der Waals surface area contributed by atoms with Gasteiger partial charge in [0.05, 0.1) is 11.2 Å². The van der Waals surface area contributed by atoms with Crippen LogP contribution in [0, 0.1) is 0 Å².